The van der Waals surface area contributed by atoms with E-state index in [0.29, 0.717) is 17.3 Å². The van der Waals surface area contributed by atoms with Gasteiger partial charge >= 0.3 is 12.4 Å². The minimum atomic E-state index is -4.00. The number of unbranched alkanes of at least 4 members (excludes halogenated alkanes) is 2. The standard InChI is InChI=1S/C7H14.2C7H16.2C6H12.2C6H14.C5H10.2C5H12.C5H10.C5H8.C4H7F3.C4H7N.C4H10O.C4H8.2C4H10.C4H8.C4H6.C3H5F3.2CH4/c1-7-5-3-2-4-6-7;1-6(2)7(3,4)5;1-6(2)5-7(3)4;1-5(2)6-3-4-6;1-6-4-2-3-5-6;1-5-6(2,3)4;1-5(2)6(3)4;1-2-5-3-4-5;3*1-4-5(2)3;1-3-5-4-2;1-3(2)4(5,6)7;1-2-3-4-5;1-3-4-5-2;1-4-2-3-4;1-4(2)3;3*1-3-4-2;1-2-3(4,5)6;;/h7H,2-6H2,1H3;6H,1-5H3;6-7H,5H2,1-4H3;5-6H,3-4H2,1-2H3;6H,2-5H2,1H3;5H2,1-4H3;5-6H,1-4H3;5H,2-4H2,1H3;2*5H,4H2,1-3H3;2,4H2,1,3H3;3H2,1-2H3;3H,1-2H3;2-3H2,1H3;3-4H2,1-2H3;4H,2-3H2,1H3;4H,1-3H3;3-4H2,1-2H3;3H,1,4H2,2H3;1H,4H2,2H3;2H2,1H3;2*1H4. The highest BCUT2D eigenvalue weighted by molar-refractivity contribution is 4.93. The zero-order valence-corrected chi connectivity index (χ0v) is 86.8. The Kier molecular flexibility index (Phi) is 164. The summed E-state index contributed by atoms with van der Waals surface area (Å²) < 4.78 is 70.6. The third-order valence-electron chi connectivity index (χ3n) is 17.7. The molecule has 0 heterocycles. The lowest BCUT2D eigenvalue weighted by molar-refractivity contribution is -0.164. The molecule has 2 nitrogen and oxygen atoms in total. The van der Waals surface area contributed by atoms with Crippen LogP contribution in [0.2, 0.25) is 0 Å². The van der Waals surface area contributed by atoms with Crippen molar-refractivity contribution in [3.8, 4) is 30.3 Å². The molecular weight excluding hydrogens is 1430 g/mol. The van der Waals surface area contributed by atoms with Gasteiger partial charge in [0.05, 0.1) is 6.07 Å². The summed E-state index contributed by atoms with van der Waals surface area (Å²) in [6.07, 6.45) is 36.5. The van der Waals surface area contributed by atoms with Crippen molar-refractivity contribution in [2.75, 3.05) is 13.7 Å². The van der Waals surface area contributed by atoms with E-state index in [0.717, 1.165) is 149 Å². The molecule has 0 aliphatic heterocycles. The Bertz CT molecular complexity index is 1700. The van der Waals surface area contributed by atoms with Gasteiger partial charge in [0.15, 0.2) is 0 Å². The smallest absolute Gasteiger partial charge is 0.385 e. The van der Waals surface area contributed by atoms with Crippen molar-refractivity contribution in [2.45, 2.75) is 531 Å². The Labute approximate surface area is 732 Å². The normalized spacial score (nSPS) is 13.0. The van der Waals surface area contributed by atoms with E-state index in [-0.39, 0.29) is 14.9 Å². The summed E-state index contributed by atoms with van der Waals surface area (Å²) in [5.74, 6) is 20.1. The molecule has 5 aliphatic rings. The molecule has 0 bridgehead atoms. The predicted molar refractivity (Wildman–Crippen MR) is 530 cm³/mol. The van der Waals surface area contributed by atoms with E-state index < -0.39 is 24.7 Å². The van der Waals surface area contributed by atoms with Gasteiger partial charge in [-0.05, 0) is 152 Å². The van der Waals surface area contributed by atoms with Gasteiger partial charge in [0, 0.05) is 45.3 Å². The predicted octanol–water partition coefficient (Wildman–Crippen LogP) is 41.5. The SMILES string of the molecule is C.C.C#CCC.C=C(C)CC.C=CCC.CC#CCC.CC(C)C.CC(C)C(C)(C)C.CC(C)C(C)C.CC(C)C(F)(F)F.CC(C)C1CC1.CC(C)CC(C)C.CC1CC1.CC1CCCC1.CC1CCCCC1.CCC(C)(C)C.CCC(C)C.CCC(C)C.CCC(F)(F)F.CCC1CC1.CCCC.CCCC#N.CCCOC. The summed E-state index contributed by atoms with van der Waals surface area (Å²) >= 11 is 0. The Morgan fingerprint density at radius 1 is 0.504 bits per heavy atom. The molecule has 5 fully saturated rings. The van der Waals surface area contributed by atoms with Crippen molar-refractivity contribution in [1.29, 1.82) is 5.26 Å². The highest BCUT2D eigenvalue weighted by atomic mass is 19.4. The monoisotopic (exact) mass is 1660 g/mol. The molecule has 0 unspecified atom stereocenters. The molecule has 0 atom stereocenters. The van der Waals surface area contributed by atoms with Gasteiger partial charge in [0.2, 0.25) is 0 Å². The van der Waals surface area contributed by atoms with Gasteiger partial charge in [-0.25, -0.2) is 0 Å². The van der Waals surface area contributed by atoms with Gasteiger partial charge in [-0.2, -0.15) is 31.6 Å². The second-order valence-corrected chi connectivity index (χ2v) is 37.4. The quantitative estimate of drug-likeness (QED) is 0.105. The van der Waals surface area contributed by atoms with Gasteiger partial charge in [-0.1, -0.05) is 446 Å². The summed E-state index contributed by atoms with van der Waals surface area (Å²) in [4.78, 5) is 0. The number of rotatable bonds is 13. The van der Waals surface area contributed by atoms with Gasteiger partial charge in [-0.3, -0.25) is 0 Å². The number of nitrogens with zero attached hydrogens (tertiary/aromatic N) is 1. The van der Waals surface area contributed by atoms with Crippen molar-refractivity contribution in [2.24, 2.45) is 99.6 Å². The second-order valence-electron chi connectivity index (χ2n) is 37.4. The van der Waals surface area contributed by atoms with Gasteiger partial charge in [0.25, 0.3) is 0 Å². The summed E-state index contributed by atoms with van der Waals surface area (Å²) in [7, 11) is 1.71. The molecule has 5 aliphatic carbocycles. The van der Waals surface area contributed by atoms with Crippen LogP contribution >= 0.6 is 0 Å². The van der Waals surface area contributed by atoms with Crippen LogP contribution in [-0.2, 0) is 4.74 Å². The number of allylic oxidation sites excluding steroid dienone is 2. The van der Waals surface area contributed by atoms with Gasteiger partial charge in [-0.15, -0.1) is 37.3 Å². The molecule has 5 saturated carbocycles. The first-order valence-corrected chi connectivity index (χ1v) is 46.8. The van der Waals surface area contributed by atoms with Crippen molar-refractivity contribution in [1.82, 2.24) is 0 Å². The van der Waals surface area contributed by atoms with E-state index in [2.05, 4.69) is 287 Å². The van der Waals surface area contributed by atoms with E-state index in [1.165, 1.54) is 147 Å². The largest absolute Gasteiger partial charge is 0.391 e. The number of ether oxygens (including phenoxy) is 1. The minimum Gasteiger partial charge on any atom is -0.385 e. The van der Waals surface area contributed by atoms with Crippen molar-refractivity contribution >= 4 is 0 Å². The number of methoxy groups -OCH3 is 1. The molecule has 0 spiro atoms. The first kappa shape index (κ1) is 157. The molecule has 115 heavy (non-hydrogen) atoms. The van der Waals surface area contributed by atoms with E-state index in [4.69, 9.17) is 16.4 Å². The molecule has 0 N–H and O–H groups in total. The molecule has 0 saturated heterocycles. The fourth-order valence-electron chi connectivity index (χ4n) is 5.33. The van der Waals surface area contributed by atoms with E-state index in [1.807, 2.05) is 46.8 Å². The highest BCUT2D eigenvalue weighted by Gasteiger charge is 2.31. The average Bonchev–Trinajstić information content (AvgIpc) is 1.81. The Hall–Kier alpha value is -2.37. The highest BCUT2D eigenvalue weighted by Crippen LogP contribution is 2.36. The maximum absolute atomic E-state index is 11.2. The second kappa shape index (κ2) is 120. The van der Waals surface area contributed by atoms with Crippen LogP contribution in [0.15, 0.2) is 24.8 Å². The molecule has 0 aromatic rings. The third kappa shape index (κ3) is 285. The van der Waals surface area contributed by atoms with E-state index in [1.54, 1.807) is 7.11 Å². The molecule has 0 amide bonds. The summed E-state index contributed by atoms with van der Waals surface area (Å²) in [5, 5.41) is 7.82. The Morgan fingerprint density at radius 2 is 0.783 bits per heavy atom. The maximum Gasteiger partial charge on any atom is 0.391 e. The van der Waals surface area contributed by atoms with Crippen LogP contribution in [-0.4, -0.2) is 26.1 Å². The number of halogens is 6. The molecule has 5 rings (SSSR count). The Morgan fingerprint density at radius 3 is 0.800 bits per heavy atom. The number of hydrogen-bond donors (Lipinski definition) is 0. The van der Waals surface area contributed by atoms with Crippen LogP contribution in [0, 0.1) is 135 Å². The van der Waals surface area contributed by atoms with Gasteiger partial charge in [0.1, 0.15) is 0 Å². The molecule has 710 valence electrons. The zero-order chi connectivity index (χ0) is 93.4. The number of nitriles is 1. The molecule has 8 heteroatoms. The number of terminal acetylenes is 1. The van der Waals surface area contributed by atoms with Crippen LogP contribution in [0.3, 0.4) is 0 Å². The zero-order valence-electron chi connectivity index (χ0n) is 86.8. The molecule has 0 radical (unpaired) electrons. The molecular formula is C107H229F6NO. The number of alkyl halides is 6. The average molecular weight is 1660 g/mol. The summed E-state index contributed by atoms with van der Waals surface area (Å²) in [6.45, 7) is 104. The topological polar surface area (TPSA) is 33.0 Å². The minimum absolute atomic E-state index is 0. The number of hydrogen-bond acceptors (Lipinski definition) is 2. The third-order valence-corrected chi connectivity index (χ3v) is 17.7. The van der Waals surface area contributed by atoms with Crippen LogP contribution in [0.1, 0.15) is 519 Å². The molecule has 0 aromatic carbocycles. The first-order chi connectivity index (χ1) is 51.7. The lowest BCUT2D eigenvalue weighted by Gasteiger charge is -2.22. The fraction of sp³-hybridized carbons (Fsp3) is 0.916. The summed E-state index contributed by atoms with van der Waals surface area (Å²) in [6, 6.07) is 2.02. The van der Waals surface area contributed by atoms with Crippen molar-refractivity contribution in [3.63, 3.8) is 0 Å². The lowest BCUT2D eigenvalue weighted by atomic mass is 9.84. The maximum atomic E-state index is 11.2. The van der Waals surface area contributed by atoms with Crippen LogP contribution in [0.4, 0.5) is 26.3 Å². The van der Waals surface area contributed by atoms with Crippen LogP contribution in [0.5, 0.6) is 0 Å². The van der Waals surface area contributed by atoms with Crippen LogP contribution in [0.25, 0.3) is 0 Å². The summed E-state index contributed by atoms with van der Waals surface area (Å²) in [5.41, 5.74) is 2.30. The first-order valence-electron chi connectivity index (χ1n) is 46.8. The van der Waals surface area contributed by atoms with Crippen molar-refractivity contribution in [3.05, 3.63) is 24.8 Å². The fourth-order valence-corrected chi connectivity index (χ4v) is 5.33. The van der Waals surface area contributed by atoms with Crippen LogP contribution < -0.4 is 0 Å². The Balaban J connectivity index is -0.0000000538. The van der Waals surface area contributed by atoms with E-state index >= 15 is 0 Å². The van der Waals surface area contributed by atoms with Gasteiger partial charge < -0.3 is 4.74 Å². The van der Waals surface area contributed by atoms with Crippen molar-refractivity contribution < 1.29 is 31.1 Å². The lowest BCUT2D eigenvalue weighted by Crippen LogP contribution is -2.15. The van der Waals surface area contributed by atoms with E-state index in [9.17, 15) is 26.3 Å². The molecule has 0 aromatic heterocycles.